The molecule has 0 aliphatic heterocycles. The van der Waals surface area contributed by atoms with E-state index in [-0.39, 0.29) is 36.7 Å². The predicted octanol–water partition coefficient (Wildman–Crippen LogP) is 1.20. The van der Waals surface area contributed by atoms with Gasteiger partial charge in [-0.15, -0.1) is 0 Å². The number of anilines is 1. The molecule has 0 fully saturated rings. The fourth-order valence-electron chi connectivity index (χ4n) is 3.47. The van der Waals surface area contributed by atoms with Gasteiger partial charge in [-0.25, -0.2) is 8.42 Å². The Kier molecular flexibility index (Phi) is 9.78. The number of nitrogens with zero attached hydrogens (tertiary/aromatic N) is 3. The fraction of sp³-hybridized carbons (Fsp3) is 0.455. The Hall–Kier alpha value is -3.45. The number of ether oxygens (including phenoxy) is 1. The van der Waals surface area contributed by atoms with Gasteiger partial charge in [0.25, 0.3) is 0 Å². The van der Waals surface area contributed by atoms with Crippen molar-refractivity contribution in [3.8, 4) is 0 Å². The number of nitrogens with one attached hydrogen (secondary N) is 1. The van der Waals surface area contributed by atoms with Crippen LogP contribution in [0.15, 0.2) is 46.3 Å². The molecule has 0 spiro atoms. The van der Waals surface area contributed by atoms with Gasteiger partial charge in [-0.1, -0.05) is 31.2 Å². The molecule has 192 valence electrons. The summed E-state index contributed by atoms with van der Waals surface area (Å²) < 4.78 is 34.3. The summed E-state index contributed by atoms with van der Waals surface area (Å²) in [5.41, 5.74) is 11.5. The van der Waals surface area contributed by atoms with Crippen molar-refractivity contribution >= 4 is 38.4 Å². The van der Waals surface area contributed by atoms with Gasteiger partial charge in [0.2, 0.25) is 16.1 Å². The van der Waals surface area contributed by atoms with Crippen molar-refractivity contribution in [3.05, 3.63) is 46.5 Å². The first kappa shape index (κ1) is 27.8. The molecule has 0 aromatic heterocycles. The van der Waals surface area contributed by atoms with Crippen molar-refractivity contribution in [2.75, 3.05) is 32.1 Å². The number of rotatable bonds is 13. The molecular formula is C22H32N6O6S. The summed E-state index contributed by atoms with van der Waals surface area (Å²) in [6.07, 6.45) is 0.454. The Bertz CT molecular complexity index is 1180. The molecule has 13 heteroatoms. The molecule has 0 aliphatic rings. The Balaban J connectivity index is 2.34. The number of guanidine groups is 1. The number of carbonyl (C=O) groups excluding carboxylic acids is 1. The molecule has 2 aromatic carbocycles. The quantitative estimate of drug-likeness (QED) is 0.0893. The molecule has 2 aromatic rings. The number of benzene rings is 2. The average molecular weight is 509 g/mol. The number of esters is 1. The molecule has 0 radical (unpaired) electrons. The van der Waals surface area contributed by atoms with Crippen molar-refractivity contribution < 1.29 is 22.9 Å². The Morgan fingerprint density at radius 3 is 2.46 bits per heavy atom. The van der Waals surface area contributed by atoms with Crippen LogP contribution in [-0.2, 0) is 19.6 Å². The molecule has 0 heterocycles. The number of nitrogens with two attached hydrogens (primary N) is 2. The minimum absolute atomic E-state index is 0.00236. The van der Waals surface area contributed by atoms with E-state index in [1.807, 2.05) is 31.1 Å². The monoisotopic (exact) mass is 508 g/mol. The van der Waals surface area contributed by atoms with Gasteiger partial charge < -0.3 is 21.1 Å². The van der Waals surface area contributed by atoms with E-state index in [0.717, 1.165) is 11.1 Å². The summed E-state index contributed by atoms with van der Waals surface area (Å²) in [5.74, 6) is -1.04. The SMILES string of the molecule is CCC(COC(=O)C(CCCN=C(N)N)NS(=O)(=O)c1cccc2c(N(C)C)cccc12)[N+](=O)[O-]. The van der Waals surface area contributed by atoms with Crippen LogP contribution in [-0.4, -0.2) is 64.6 Å². The van der Waals surface area contributed by atoms with E-state index in [4.69, 9.17) is 16.2 Å². The van der Waals surface area contributed by atoms with Crippen molar-refractivity contribution in [1.82, 2.24) is 4.72 Å². The molecule has 35 heavy (non-hydrogen) atoms. The van der Waals surface area contributed by atoms with Gasteiger partial charge in [0.15, 0.2) is 12.6 Å². The van der Waals surface area contributed by atoms with Gasteiger partial charge in [0.1, 0.15) is 6.04 Å². The molecular weight excluding hydrogens is 476 g/mol. The lowest BCUT2D eigenvalue weighted by molar-refractivity contribution is -0.525. The molecule has 0 saturated heterocycles. The van der Waals surface area contributed by atoms with E-state index in [1.54, 1.807) is 25.1 Å². The third-order valence-electron chi connectivity index (χ3n) is 5.34. The van der Waals surface area contributed by atoms with E-state index < -0.39 is 39.6 Å². The smallest absolute Gasteiger partial charge is 0.324 e. The second-order valence-corrected chi connectivity index (χ2v) is 9.81. The molecule has 0 bridgehead atoms. The summed E-state index contributed by atoms with van der Waals surface area (Å²) in [7, 11) is -0.471. The van der Waals surface area contributed by atoms with Crippen LogP contribution in [0.2, 0.25) is 0 Å². The molecule has 2 rings (SSSR count). The van der Waals surface area contributed by atoms with Crippen molar-refractivity contribution in [2.24, 2.45) is 16.5 Å². The van der Waals surface area contributed by atoms with Crippen LogP contribution < -0.4 is 21.1 Å². The lowest BCUT2D eigenvalue weighted by atomic mass is 10.1. The molecule has 0 amide bonds. The topological polar surface area (TPSA) is 183 Å². The van der Waals surface area contributed by atoms with E-state index in [2.05, 4.69) is 9.71 Å². The van der Waals surface area contributed by atoms with Crippen LogP contribution in [0.1, 0.15) is 26.2 Å². The van der Waals surface area contributed by atoms with Crippen LogP contribution >= 0.6 is 0 Å². The van der Waals surface area contributed by atoms with Crippen LogP contribution in [0.4, 0.5) is 5.69 Å². The highest BCUT2D eigenvalue weighted by Crippen LogP contribution is 2.30. The zero-order valence-corrected chi connectivity index (χ0v) is 20.8. The van der Waals surface area contributed by atoms with E-state index in [0.29, 0.717) is 5.39 Å². The van der Waals surface area contributed by atoms with Crippen LogP contribution in [0.5, 0.6) is 0 Å². The van der Waals surface area contributed by atoms with Crippen LogP contribution in [0.3, 0.4) is 0 Å². The molecule has 12 nitrogen and oxygen atoms in total. The lowest BCUT2D eigenvalue weighted by Gasteiger charge is -2.20. The second-order valence-electron chi connectivity index (χ2n) is 8.12. The summed E-state index contributed by atoms with van der Waals surface area (Å²) >= 11 is 0. The first-order valence-electron chi connectivity index (χ1n) is 11.0. The predicted molar refractivity (Wildman–Crippen MR) is 134 cm³/mol. The summed E-state index contributed by atoms with van der Waals surface area (Å²) in [5, 5.41) is 12.3. The minimum atomic E-state index is -4.18. The first-order chi connectivity index (χ1) is 16.5. The van der Waals surface area contributed by atoms with Crippen molar-refractivity contribution in [2.45, 2.75) is 43.2 Å². The van der Waals surface area contributed by atoms with E-state index in [1.165, 1.54) is 6.07 Å². The summed E-state index contributed by atoms with van der Waals surface area (Å²) in [6, 6.07) is 7.82. The third-order valence-corrected chi connectivity index (χ3v) is 6.87. The van der Waals surface area contributed by atoms with Gasteiger partial charge in [0.05, 0.1) is 4.90 Å². The summed E-state index contributed by atoms with van der Waals surface area (Å²) in [6.45, 7) is 1.30. The number of sulfonamides is 1. The maximum atomic E-state index is 13.4. The number of nitro groups is 1. The maximum absolute atomic E-state index is 13.4. The molecule has 0 aliphatic carbocycles. The Labute approximate surface area is 204 Å². The molecule has 2 atom stereocenters. The molecule has 5 N–H and O–H groups in total. The van der Waals surface area contributed by atoms with Gasteiger partial charge in [0, 0.05) is 48.4 Å². The van der Waals surface area contributed by atoms with Crippen LogP contribution in [0, 0.1) is 10.1 Å². The normalized spacial score (nSPS) is 13.1. The molecule has 0 saturated carbocycles. The standard InChI is InChI=1S/C22H32N6O6S/c1-4-15(28(30)31)14-34-21(29)18(10-7-13-25-22(23)24)26-35(32,33)20-12-6-8-16-17(20)9-5-11-19(16)27(2)3/h5-6,8-9,11-12,15,18,26H,4,7,10,13-14H2,1-3H3,(H4,23,24,25). The molecule has 2 unspecified atom stereocenters. The number of hydrogen-bond acceptors (Lipinski definition) is 8. The lowest BCUT2D eigenvalue weighted by Crippen LogP contribution is -2.43. The largest absolute Gasteiger partial charge is 0.457 e. The van der Waals surface area contributed by atoms with Crippen molar-refractivity contribution in [1.29, 1.82) is 0 Å². The van der Waals surface area contributed by atoms with Crippen molar-refractivity contribution in [3.63, 3.8) is 0 Å². The van der Waals surface area contributed by atoms with Gasteiger partial charge >= 0.3 is 5.97 Å². The minimum Gasteiger partial charge on any atom is -0.457 e. The van der Waals surface area contributed by atoms with E-state index in [9.17, 15) is 23.3 Å². The first-order valence-corrected chi connectivity index (χ1v) is 12.5. The van der Waals surface area contributed by atoms with E-state index >= 15 is 0 Å². The second kappa shape index (κ2) is 12.3. The third kappa shape index (κ3) is 7.52. The highest BCUT2D eigenvalue weighted by Gasteiger charge is 2.30. The number of aliphatic imine (C=N–C) groups is 1. The number of fused-ring (bicyclic) bond motifs is 1. The summed E-state index contributed by atoms with van der Waals surface area (Å²) in [4.78, 5) is 29.0. The van der Waals surface area contributed by atoms with Gasteiger partial charge in [-0.3, -0.25) is 19.9 Å². The number of carbonyl (C=O) groups is 1. The average Bonchev–Trinajstić information content (AvgIpc) is 2.79. The zero-order valence-electron chi connectivity index (χ0n) is 20.0. The Morgan fingerprint density at radius 1 is 1.20 bits per heavy atom. The van der Waals surface area contributed by atoms with Gasteiger partial charge in [-0.2, -0.15) is 4.72 Å². The highest BCUT2D eigenvalue weighted by atomic mass is 32.2. The van der Waals surface area contributed by atoms with Gasteiger partial charge in [-0.05, 0) is 25.0 Å². The zero-order chi connectivity index (χ0) is 26.2. The highest BCUT2D eigenvalue weighted by molar-refractivity contribution is 7.89. The Morgan fingerprint density at radius 2 is 1.86 bits per heavy atom. The number of hydrogen-bond donors (Lipinski definition) is 3. The fourth-order valence-corrected chi connectivity index (χ4v) is 4.92. The maximum Gasteiger partial charge on any atom is 0.324 e. The van der Waals surface area contributed by atoms with Crippen LogP contribution in [0.25, 0.3) is 10.8 Å².